The van der Waals surface area contributed by atoms with Gasteiger partial charge in [0.2, 0.25) is 0 Å². The fourth-order valence-corrected chi connectivity index (χ4v) is 3.29. The van der Waals surface area contributed by atoms with E-state index >= 15 is 0 Å². The molecule has 1 aliphatic carbocycles. The lowest BCUT2D eigenvalue weighted by Gasteiger charge is -2.14. The van der Waals surface area contributed by atoms with Gasteiger partial charge in [0, 0.05) is 7.11 Å². The largest absolute Gasteiger partial charge is 0.465 e. The zero-order chi connectivity index (χ0) is 14.0. The summed E-state index contributed by atoms with van der Waals surface area (Å²) in [5.41, 5.74) is 0.455. The van der Waals surface area contributed by atoms with Gasteiger partial charge < -0.3 is 14.8 Å². The van der Waals surface area contributed by atoms with Crippen LogP contribution < -0.4 is 5.32 Å². The molecule has 1 saturated carbocycles. The van der Waals surface area contributed by atoms with Crippen molar-refractivity contribution >= 4 is 44.8 Å². The average molecular weight is 348 g/mol. The molecule has 0 aromatic carbocycles. The van der Waals surface area contributed by atoms with Gasteiger partial charge in [0.05, 0.1) is 16.6 Å². The highest BCUT2D eigenvalue weighted by Crippen LogP contribution is 2.36. The maximum atomic E-state index is 12.1. The van der Waals surface area contributed by atoms with Gasteiger partial charge in [-0.1, -0.05) is 0 Å². The highest BCUT2D eigenvalue weighted by Gasteiger charge is 2.36. The Kier molecular flexibility index (Phi) is 4.59. The third-order valence-corrected chi connectivity index (χ3v) is 4.51. The molecular formula is C12H14BrNO4S. The maximum absolute atomic E-state index is 12.1. The van der Waals surface area contributed by atoms with E-state index in [1.807, 2.05) is 0 Å². The molecule has 19 heavy (non-hydrogen) atoms. The first-order valence-electron chi connectivity index (χ1n) is 5.78. The number of hydrogen-bond acceptors (Lipinski definition) is 5. The molecule has 1 fully saturated rings. The zero-order valence-corrected chi connectivity index (χ0v) is 13.0. The number of hydrogen-bond donors (Lipinski definition) is 1. The summed E-state index contributed by atoms with van der Waals surface area (Å²) < 4.78 is 10.6. The Morgan fingerprint density at radius 1 is 1.47 bits per heavy atom. The van der Waals surface area contributed by atoms with Crippen molar-refractivity contribution in [1.29, 1.82) is 0 Å². The fraction of sp³-hybridized carbons (Fsp3) is 0.500. The first-order valence-corrected chi connectivity index (χ1v) is 7.39. The van der Waals surface area contributed by atoms with Gasteiger partial charge in [0.25, 0.3) is 5.91 Å². The topological polar surface area (TPSA) is 64.6 Å². The van der Waals surface area contributed by atoms with Crippen LogP contribution in [0.5, 0.6) is 0 Å². The van der Waals surface area contributed by atoms with Crippen LogP contribution in [0.25, 0.3) is 0 Å². The molecular weight excluding hydrogens is 334 g/mol. The summed E-state index contributed by atoms with van der Waals surface area (Å²) in [4.78, 5) is 24.1. The number of methoxy groups -OCH3 is 2. The van der Waals surface area contributed by atoms with E-state index in [4.69, 9.17) is 4.74 Å². The van der Waals surface area contributed by atoms with Gasteiger partial charge in [-0.3, -0.25) is 4.79 Å². The summed E-state index contributed by atoms with van der Waals surface area (Å²) in [6.45, 7) is 0. The number of nitrogens with one attached hydrogen (secondary N) is 1. The minimum Gasteiger partial charge on any atom is -0.465 e. The molecule has 1 aromatic rings. The lowest BCUT2D eigenvalue weighted by molar-refractivity contribution is -0.126. The number of thiophene rings is 1. The van der Waals surface area contributed by atoms with E-state index in [0.29, 0.717) is 10.6 Å². The summed E-state index contributed by atoms with van der Waals surface area (Å²) >= 11 is 4.51. The van der Waals surface area contributed by atoms with Crippen LogP contribution in [0.1, 0.15) is 22.5 Å². The molecule has 0 aliphatic heterocycles. The quantitative estimate of drug-likeness (QED) is 0.831. The molecule has 1 atom stereocenters. The number of rotatable bonds is 5. The molecule has 0 saturated heterocycles. The van der Waals surface area contributed by atoms with Crippen LogP contribution in [-0.4, -0.2) is 32.2 Å². The third kappa shape index (κ3) is 3.34. The molecule has 5 nitrogen and oxygen atoms in total. The summed E-state index contributed by atoms with van der Waals surface area (Å²) in [5.74, 6) is -0.402. The smallest absolute Gasteiger partial charge is 0.350 e. The number of carbonyl (C=O) groups is 2. The monoisotopic (exact) mass is 347 g/mol. The lowest BCUT2D eigenvalue weighted by atomic mass is 10.2. The molecule has 1 unspecified atom stereocenters. The van der Waals surface area contributed by atoms with E-state index in [2.05, 4.69) is 26.0 Å². The Labute approximate surface area is 123 Å². The van der Waals surface area contributed by atoms with Crippen molar-refractivity contribution in [3.8, 4) is 0 Å². The second kappa shape index (κ2) is 6.02. The SMILES string of the molecule is COC(=O)c1sc(Br)cc1NC(=O)C(OC)C1CC1. The highest BCUT2D eigenvalue weighted by atomic mass is 79.9. The van der Waals surface area contributed by atoms with Gasteiger partial charge in [0.15, 0.2) is 0 Å². The van der Waals surface area contributed by atoms with Crippen LogP contribution in [0.4, 0.5) is 5.69 Å². The number of halogens is 1. The van der Waals surface area contributed by atoms with E-state index in [1.54, 1.807) is 6.07 Å². The van der Waals surface area contributed by atoms with Gasteiger partial charge >= 0.3 is 5.97 Å². The van der Waals surface area contributed by atoms with Crippen LogP contribution in [0.15, 0.2) is 9.85 Å². The number of anilines is 1. The van der Waals surface area contributed by atoms with Gasteiger partial charge in [-0.25, -0.2) is 4.79 Å². The van der Waals surface area contributed by atoms with E-state index in [1.165, 1.54) is 25.6 Å². The minimum absolute atomic E-state index is 0.222. The molecule has 0 spiro atoms. The van der Waals surface area contributed by atoms with Gasteiger partial charge in [0.1, 0.15) is 11.0 Å². The van der Waals surface area contributed by atoms with Crippen molar-refractivity contribution in [3.05, 3.63) is 14.7 Å². The molecule has 1 aliphatic rings. The molecule has 1 N–H and O–H groups in total. The molecule has 1 heterocycles. The van der Waals surface area contributed by atoms with Crippen molar-refractivity contribution in [1.82, 2.24) is 0 Å². The summed E-state index contributed by atoms with van der Waals surface area (Å²) in [6, 6.07) is 1.69. The van der Waals surface area contributed by atoms with Crippen LogP contribution in [0, 0.1) is 5.92 Å². The lowest BCUT2D eigenvalue weighted by Crippen LogP contribution is -2.31. The summed E-state index contributed by atoms with van der Waals surface area (Å²) in [6.07, 6.45) is 1.55. The van der Waals surface area contributed by atoms with Crippen molar-refractivity contribution in [2.24, 2.45) is 5.92 Å². The first kappa shape index (κ1) is 14.5. The predicted octanol–water partition coefficient (Wildman–Crippen LogP) is 2.66. The van der Waals surface area contributed by atoms with Gasteiger partial charge in [-0.2, -0.15) is 0 Å². The Hall–Kier alpha value is -0.920. The number of carbonyl (C=O) groups excluding carboxylic acids is 2. The minimum atomic E-state index is -0.466. The molecule has 7 heteroatoms. The number of amides is 1. The molecule has 0 radical (unpaired) electrons. The second-order valence-corrected chi connectivity index (χ2v) is 6.70. The molecule has 104 valence electrons. The van der Waals surface area contributed by atoms with Crippen molar-refractivity contribution in [3.63, 3.8) is 0 Å². The predicted molar refractivity (Wildman–Crippen MR) is 75.5 cm³/mol. The Balaban J connectivity index is 2.13. The third-order valence-electron chi connectivity index (χ3n) is 2.89. The number of esters is 1. The van der Waals surface area contributed by atoms with Crippen LogP contribution >= 0.6 is 27.3 Å². The fourth-order valence-electron chi connectivity index (χ4n) is 1.81. The van der Waals surface area contributed by atoms with Crippen LogP contribution in [0.3, 0.4) is 0 Å². The standard InChI is InChI=1S/C12H14BrNO4S/c1-17-9(6-3-4-6)11(15)14-7-5-8(13)19-10(7)12(16)18-2/h5-6,9H,3-4H2,1-2H3,(H,14,15). The summed E-state index contributed by atoms with van der Waals surface area (Å²) in [5, 5.41) is 2.73. The first-order chi connectivity index (χ1) is 9.06. The molecule has 1 aromatic heterocycles. The van der Waals surface area contributed by atoms with E-state index in [0.717, 1.165) is 16.6 Å². The molecule has 0 bridgehead atoms. The molecule has 1 amide bonds. The van der Waals surface area contributed by atoms with E-state index < -0.39 is 12.1 Å². The maximum Gasteiger partial charge on any atom is 0.350 e. The average Bonchev–Trinajstić information content (AvgIpc) is 3.13. The van der Waals surface area contributed by atoms with Crippen LogP contribution in [-0.2, 0) is 14.3 Å². The molecule has 2 rings (SSSR count). The normalized spacial score (nSPS) is 15.9. The van der Waals surface area contributed by atoms with Crippen molar-refractivity contribution < 1.29 is 19.1 Å². The van der Waals surface area contributed by atoms with Crippen molar-refractivity contribution in [2.75, 3.05) is 19.5 Å². The number of ether oxygens (including phenoxy) is 2. The summed E-state index contributed by atoms with van der Waals surface area (Å²) in [7, 11) is 2.83. The highest BCUT2D eigenvalue weighted by molar-refractivity contribution is 9.11. The Bertz CT molecular complexity index is 498. The van der Waals surface area contributed by atoms with Crippen LogP contribution in [0.2, 0.25) is 0 Å². The van der Waals surface area contributed by atoms with Crippen molar-refractivity contribution in [2.45, 2.75) is 18.9 Å². The zero-order valence-electron chi connectivity index (χ0n) is 10.6. The second-order valence-electron chi connectivity index (χ2n) is 4.27. The van der Waals surface area contributed by atoms with Gasteiger partial charge in [-0.05, 0) is 40.8 Å². The Morgan fingerprint density at radius 3 is 2.68 bits per heavy atom. The van der Waals surface area contributed by atoms with E-state index in [-0.39, 0.29) is 11.8 Å². The Morgan fingerprint density at radius 2 is 2.16 bits per heavy atom. The van der Waals surface area contributed by atoms with Gasteiger partial charge in [-0.15, -0.1) is 11.3 Å². The van der Waals surface area contributed by atoms with E-state index in [9.17, 15) is 9.59 Å².